The van der Waals surface area contributed by atoms with Crippen LogP contribution in [0, 0.1) is 11.3 Å². The van der Waals surface area contributed by atoms with Gasteiger partial charge in [0.15, 0.2) is 0 Å². The van der Waals surface area contributed by atoms with Gasteiger partial charge in [0.2, 0.25) is 5.91 Å². The molecule has 1 N–H and O–H groups in total. The summed E-state index contributed by atoms with van der Waals surface area (Å²) in [5, 5.41) is 16.6. The number of pyridine rings is 1. The van der Waals surface area contributed by atoms with E-state index < -0.39 is 0 Å². The van der Waals surface area contributed by atoms with Crippen molar-refractivity contribution in [3.63, 3.8) is 0 Å². The first-order chi connectivity index (χ1) is 15.6. The normalized spacial score (nSPS) is 18.0. The van der Waals surface area contributed by atoms with Gasteiger partial charge < -0.3 is 10.2 Å². The smallest absolute Gasteiger partial charge is 0.226 e. The molecule has 1 aliphatic carbocycles. The lowest BCUT2D eigenvalue weighted by Gasteiger charge is -2.37. The van der Waals surface area contributed by atoms with Gasteiger partial charge in [-0.15, -0.1) is 0 Å². The van der Waals surface area contributed by atoms with Gasteiger partial charge in [0, 0.05) is 49.2 Å². The molecular weight excluding hydrogens is 400 g/mol. The van der Waals surface area contributed by atoms with Crippen LogP contribution in [0.5, 0.6) is 0 Å². The monoisotopic (exact) mass is 428 g/mol. The number of nitrogens with zero attached hydrogens (tertiary/aromatic N) is 5. The summed E-state index contributed by atoms with van der Waals surface area (Å²) in [6.45, 7) is 1.92. The first-order valence-electron chi connectivity index (χ1n) is 11.1. The standard InChI is InChI=1S/C25H28N6O/c1-3-25(32)31(22-9-5-19(6-10-22)20-16-28-30(2)17-20)23-11-7-21(8-12-23)29-24-13-4-18(14-26)15-27-24/h4-6,9-10,13,15-17,21,23H,3,7-8,11-12H2,1-2H3,(H,27,29). The average Bonchev–Trinajstić information content (AvgIpc) is 3.27. The van der Waals surface area contributed by atoms with E-state index in [1.807, 2.05) is 49.5 Å². The number of anilines is 2. The third-order valence-corrected chi connectivity index (χ3v) is 6.06. The van der Waals surface area contributed by atoms with Crippen LogP contribution in [0.15, 0.2) is 55.0 Å². The number of nitriles is 1. The summed E-state index contributed by atoms with van der Waals surface area (Å²) in [5.74, 6) is 0.948. The maximum atomic E-state index is 12.9. The average molecular weight is 429 g/mol. The van der Waals surface area contributed by atoms with Crippen molar-refractivity contribution in [1.82, 2.24) is 14.8 Å². The fourth-order valence-electron chi connectivity index (χ4n) is 4.35. The number of carbonyl (C=O) groups is 1. The zero-order chi connectivity index (χ0) is 22.5. The second-order valence-electron chi connectivity index (χ2n) is 8.26. The predicted molar refractivity (Wildman–Crippen MR) is 125 cm³/mol. The SMILES string of the molecule is CCC(=O)N(c1ccc(-c2cnn(C)c2)cc1)C1CCC(Nc2ccc(C#N)cn2)CC1. The molecule has 7 nitrogen and oxygen atoms in total. The number of hydrogen-bond acceptors (Lipinski definition) is 5. The Labute approximate surface area is 188 Å². The molecule has 4 rings (SSSR count). The first-order valence-corrected chi connectivity index (χ1v) is 11.1. The van der Waals surface area contributed by atoms with Crippen molar-refractivity contribution in [1.29, 1.82) is 5.26 Å². The maximum Gasteiger partial charge on any atom is 0.226 e. The lowest BCUT2D eigenvalue weighted by Crippen LogP contribution is -2.44. The molecule has 0 atom stereocenters. The van der Waals surface area contributed by atoms with Gasteiger partial charge in [0.25, 0.3) is 0 Å². The number of aromatic nitrogens is 3. The largest absolute Gasteiger partial charge is 0.367 e. The van der Waals surface area contributed by atoms with Crippen LogP contribution < -0.4 is 10.2 Å². The maximum absolute atomic E-state index is 12.9. The minimum absolute atomic E-state index is 0.157. The Bertz CT molecular complexity index is 1090. The third-order valence-electron chi connectivity index (χ3n) is 6.06. The molecule has 0 bridgehead atoms. The van der Waals surface area contributed by atoms with Crippen molar-refractivity contribution >= 4 is 17.4 Å². The molecule has 1 fully saturated rings. The van der Waals surface area contributed by atoms with E-state index in [1.165, 1.54) is 0 Å². The molecular formula is C25H28N6O. The molecule has 1 saturated carbocycles. The molecule has 1 amide bonds. The van der Waals surface area contributed by atoms with E-state index in [2.05, 4.69) is 33.6 Å². The Morgan fingerprint density at radius 2 is 1.88 bits per heavy atom. The minimum atomic E-state index is 0.157. The quantitative estimate of drug-likeness (QED) is 0.624. The van der Waals surface area contributed by atoms with E-state index >= 15 is 0 Å². The number of nitrogens with one attached hydrogen (secondary N) is 1. The van der Waals surface area contributed by atoms with Gasteiger partial charge in [0.1, 0.15) is 11.9 Å². The summed E-state index contributed by atoms with van der Waals surface area (Å²) >= 11 is 0. The Balaban J connectivity index is 1.42. The third kappa shape index (κ3) is 4.80. The fraction of sp³-hybridized carbons (Fsp3) is 0.360. The topological polar surface area (TPSA) is 86.8 Å². The lowest BCUT2D eigenvalue weighted by molar-refractivity contribution is -0.118. The highest BCUT2D eigenvalue weighted by atomic mass is 16.2. The minimum Gasteiger partial charge on any atom is -0.367 e. The molecule has 164 valence electrons. The van der Waals surface area contributed by atoms with Gasteiger partial charge in [-0.25, -0.2) is 4.98 Å². The Morgan fingerprint density at radius 3 is 2.44 bits per heavy atom. The number of amides is 1. The van der Waals surface area contributed by atoms with E-state index in [0.29, 0.717) is 18.0 Å². The second-order valence-corrected chi connectivity index (χ2v) is 8.26. The fourth-order valence-corrected chi connectivity index (χ4v) is 4.35. The number of benzene rings is 1. The summed E-state index contributed by atoms with van der Waals surface area (Å²) in [5.41, 5.74) is 3.67. The zero-order valence-corrected chi connectivity index (χ0v) is 18.5. The van der Waals surface area contributed by atoms with Crippen molar-refractivity contribution in [3.8, 4) is 17.2 Å². The van der Waals surface area contributed by atoms with Crippen LogP contribution in [0.2, 0.25) is 0 Å². The molecule has 2 heterocycles. The molecule has 32 heavy (non-hydrogen) atoms. The Morgan fingerprint density at radius 1 is 1.12 bits per heavy atom. The molecule has 3 aromatic rings. The number of hydrogen-bond donors (Lipinski definition) is 1. The van der Waals surface area contributed by atoms with Crippen LogP contribution in [-0.2, 0) is 11.8 Å². The number of aryl methyl sites for hydroxylation is 1. The van der Waals surface area contributed by atoms with Crippen molar-refractivity contribution in [2.45, 2.75) is 51.1 Å². The van der Waals surface area contributed by atoms with Crippen molar-refractivity contribution < 1.29 is 4.79 Å². The van der Waals surface area contributed by atoms with Crippen molar-refractivity contribution in [2.24, 2.45) is 7.05 Å². The van der Waals surface area contributed by atoms with E-state index in [1.54, 1.807) is 16.9 Å². The van der Waals surface area contributed by atoms with Crippen LogP contribution >= 0.6 is 0 Å². The van der Waals surface area contributed by atoms with Gasteiger partial charge in [-0.3, -0.25) is 9.48 Å². The molecule has 0 spiro atoms. The van der Waals surface area contributed by atoms with Crippen molar-refractivity contribution in [2.75, 3.05) is 10.2 Å². The van der Waals surface area contributed by atoms with Crippen molar-refractivity contribution in [3.05, 3.63) is 60.6 Å². The molecule has 0 unspecified atom stereocenters. The van der Waals surface area contributed by atoms with Crippen LogP contribution in [0.1, 0.15) is 44.6 Å². The van der Waals surface area contributed by atoms with Gasteiger partial charge in [-0.05, 0) is 55.5 Å². The van der Waals surface area contributed by atoms with Gasteiger partial charge >= 0.3 is 0 Å². The highest BCUT2D eigenvalue weighted by molar-refractivity contribution is 5.94. The first kappa shape index (κ1) is 21.6. The zero-order valence-electron chi connectivity index (χ0n) is 18.5. The van der Waals surface area contributed by atoms with E-state index in [-0.39, 0.29) is 11.9 Å². The second kappa shape index (κ2) is 9.65. The summed E-state index contributed by atoms with van der Waals surface area (Å²) < 4.78 is 1.79. The molecule has 0 aliphatic heterocycles. The molecule has 0 radical (unpaired) electrons. The lowest BCUT2D eigenvalue weighted by atomic mass is 9.89. The van der Waals surface area contributed by atoms with Crippen LogP contribution in [0.25, 0.3) is 11.1 Å². The summed E-state index contributed by atoms with van der Waals surface area (Å²) in [6, 6.07) is 14.4. The van der Waals surface area contributed by atoms with Crippen LogP contribution in [-0.4, -0.2) is 32.8 Å². The summed E-state index contributed by atoms with van der Waals surface area (Å²) in [7, 11) is 1.90. The van der Waals surface area contributed by atoms with Gasteiger partial charge in [-0.1, -0.05) is 19.1 Å². The highest BCUT2D eigenvalue weighted by Gasteiger charge is 2.29. The van der Waals surface area contributed by atoms with Crippen LogP contribution in [0.4, 0.5) is 11.5 Å². The number of carbonyl (C=O) groups excluding carboxylic acids is 1. The van der Waals surface area contributed by atoms with Gasteiger partial charge in [0.05, 0.1) is 11.8 Å². The van der Waals surface area contributed by atoms with Crippen LogP contribution in [0.3, 0.4) is 0 Å². The molecule has 0 saturated heterocycles. The molecule has 1 aromatic carbocycles. The Hall–Kier alpha value is -3.66. The molecule has 2 aromatic heterocycles. The summed E-state index contributed by atoms with van der Waals surface area (Å²) in [4.78, 5) is 19.2. The van der Waals surface area contributed by atoms with E-state index in [0.717, 1.165) is 48.3 Å². The molecule has 7 heteroatoms. The van der Waals surface area contributed by atoms with Gasteiger partial charge in [-0.2, -0.15) is 10.4 Å². The summed E-state index contributed by atoms with van der Waals surface area (Å²) in [6.07, 6.45) is 9.71. The Kier molecular flexibility index (Phi) is 6.50. The van der Waals surface area contributed by atoms with E-state index in [4.69, 9.17) is 5.26 Å². The number of rotatable bonds is 6. The molecule has 1 aliphatic rings. The highest BCUT2D eigenvalue weighted by Crippen LogP contribution is 2.31. The predicted octanol–water partition coefficient (Wildman–Crippen LogP) is 4.52. The van der Waals surface area contributed by atoms with E-state index in [9.17, 15) is 4.79 Å².